The predicted molar refractivity (Wildman–Crippen MR) is 138 cm³/mol. The summed E-state index contributed by atoms with van der Waals surface area (Å²) in [6, 6.07) is 22.8. The fraction of sp³-hybridized carbons (Fsp3) is 0.300. The van der Waals surface area contributed by atoms with Crippen LogP contribution in [0.4, 0.5) is 0 Å². The molecule has 1 amide bonds. The summed E-state index contributed by atoms with van der Waals surface area (Å²) in [5.74, 6) is -3.31. The predicted octanol–water partition coefficient (Wildman–Crippen LogP) is 6.07. The Morgan fingerprint density at radius 1 is 0.889 bits per heavy atom. The molecular formula is C30H28ClNO4. The normalized spacial score (nSPS) is 25.5. The van der Waals surface area contributed by atoms with Crippen molar-refractivity contribution in [3.05, 3.63) is 106 Å². The number of amides is 1. The number of rotatable bonds is 6. The lowest BCUT2D eigenvalue weighted by Gasteiger charge is -2.38. The highest BCUT2D eigenvalue weighted by atomic mass is 35.5. The van der Waals surface area contributed by atoms with E-state index in [4.69, 9.17) is 11.6 Å². The molecule has 3 aromatic carbocycles. The molecule has 5 rings (SSSR count). The van der Waals surface area contributed by atoms with E-state index in [2.05, 4.69) is 0 Å². The SMILES string of the molecule is Cc1ccc(C2C(C(=O)c3ccccc3)C(c3ccc(Cl)cc3)C(C)(C(=O)O)N2C(=O)C2CC2)cc1. The molecular weight excluding hydrogens is 474 g/mol. The first-order valence-corrected chi connectivity index (χ1v) is 12.6. The van der Waals surface area contributed by atoms with E-state index in [-0.39, 0.29) is 17.6 Å². The van der Waals surface area contributed by atoms with Crippen LogP contribution in [0, 0.1) is 18.8 Å². The Kier molecular flexibility index (Phi) is 6.21. The number of halogens is 1. The van der Waals surface area contributed by atoms with Crippen LogP contribution in [0.2, 0.25) is 5.02 Å². The number of hydrogen-bond acceptors (Lipinski definition) is 3. The van der Waals surface area contributed by atoms with Gasteiger partial charge in [-0.3, -0.25) is 9.59 Å². The highest BCUT2D eigenvalue weighted by Gasteiger charge is 2.65. The monoisotopic (exact) mass is 501 g/mol. The number of carboxylic acids is 1. The van der Waals surface area contributed by atoms with E-state index in [1.165, 1.54) is 4.90 Å². The maximum atomic E-state index is 14.3. The Bertz CT molecular complexity index is 1300. The molecule has 2 aliphatic rings. The number of benzene rings is 3. The summed E-state index contributed by atoms with van der Waals surface area (Å²) in [5, 5.41) is 11.2. The number of nitrogens with zero attached hydrogens (tertiary/aromatic N) is 1. The third-order valence-corrected chi connectivity index (χ3v) is 7.94. The highest BCUT2D eigenvalue weighted by Crippen LogP contribution is 2.58. The molecule has 1 aliphatic heterocycles. The van der Waals surface area contributed by atoms with Gasteiger partial charge >= 0.3 is 5.97 Å². The summed E-state index contributed by atoms with van der Waals surface area (Å²) in [4.78, 5) is 42.8. The summed E-state index contributed by atoms with van der Waals surface area (Å²) < 4.78 is 0. The van der Waals surface area contributed by atoms with Crippen LogP contribution in [-0.4, -0.2) is 33.2 Å². The number of carbonyl (C=O) groups is 3. The Balaban J connectivity index is 1.79. The first-order valence-electron chi connectivity index (χ1n) is 12.2. The second-order valence-corrected chi connectivity index (χ2v) is 10.5. The summed E-state index contributed by atoms with van der Waals surface area (Å²) in [6.45, 7) is 3.56. The van der Waals surface area contributed by atoms with Gasteiger partial charge in [0.25, 0.3) is 0 Å². The van der Waals surface area contributed by atoms with Crippen molar-refractivity contribution >= 4 is 29.3 Å². The number of hydrogen-bond donors (Lipinski definition) is 1. The number of likely N-dealkylation sites (tertiary alicyclic amines) is 1. The van der Waals surface area contributed by atoms with Crippen molar-refractivity contribution in [2.45, 2.75) is 44.2 Å². The number of aliphatic carboxylic acids is 1. The van der Waals surface area contributed by atoms with E-state index < -0.39 is 29.4 Å². The third-order valence-electron chi connectivity index (χ3n) is 7.69. The van der Waals surface area contributed by atoms with E-state index in [9.17, 15) is 19.5 Å². The lowest BCUT2D eigenvalue weighted by atomic mass is 9.71. The van der Waals surface area contributed by atoms with E-state index in [0.717, 1.165) is 24.0 Å². The van der Waals surface area contributed by atoms with Crippen molar-refractivity contribution in [1.82, 2.24) is 4.90 Å². The molecule has 1 heterocycles. The number of Topliss-reactive ketones (excluding diaryl/α,β-unsaturated/α-hetero) is 1. The van der Waals surface area contributed by atoms with Gasteiger partial charge in [0.05, 0.1) is 12.0 Å². The second-order valence-electron chi connectivity index (χ2n) is 10.1. The zero-order valence-electron chi connectivity index (χ0n) is 20.2. The number of carbonyl (C=O) groups excluding carboxylic acids is 2. The number of ketones is 1. The van der Waals surface area contributed by atoms with E-state index in [1.54, 1.807) is 55.5 Å². The third kappa shape index (κ3) is 4.01. The molecule has 0 bridgehead atoms. The smallest absolute Gasteiger partial charge is 0.330 e. The average molecular weight is 502 g/mol. The largest absolute Gasteiger partial charge is 0.479 e. The molecule has 184 valence electrons. The van der Waals surface area contributed by atoms with Crippen LogP contribution in [0.25, 0.3) is 0 Å². The Morgan fingerprint density at radius 3 is 2.03 bits per heavy atom. The lowest BCUT2D eigenvalue weighted by Crippen LogP contribution is -2.54. The van der Waals surface area contributed by atoms with Crippen molar-refractivity contribution in [2.75, 3.05) is 0 Å². The van der Waals surface area contributed by atoms with Crippen molar-refractivity contribution < 1.29 is 19.5 Å². The summed E-state index contributed by atoms with van der Waals surface area (Å²) in [5.41, 5.74) is 1.32. The van der Waals surface area contributed by atoms with Gasteiger partial charge in [-0.1, -0.05) is 83.9 Å². The maximum Gasteiger partial charge on any atom is 0.330 e. The van der Waals surface area contributed by atoms with Crippen LogP contribution in [0.5, 0.6) is 0 Å². The van der Waals surface area contributed by atoms with Gasteiger partial charge in [0.2, 0.25) is 5.91 Å². The molecule has 6 heteroatoms. The topological polar surface area (TPSA) is 74.7 Å². The Hall–Kier alpha value is -3.44. The molecule has 1 N–H and O–H groups in total. The van der Waals surface area contributed by atoms with Crippen LogP contribution in [0.1, 0.15) is 58.8 Å². The Labute approximate surface area is 215 Å². The van der Waals surface area contributed by atoms with E-state index in [1.807, 2.05) is 37.3 Å². The number of aryl methyl sites for hydroxylation is 1. The quantitative estimate of drug-likeness (QED) is 0.416. The molecule has 3 aromatic rings. The minimum absolute atomic E-state index is 0.181. The molecule has 2 fully saturated rings. The van der Waals surface area contributed by atoms with Crippen molar-refractivity contribution in [2.24, 2.45) is 11.8 Å². The first kappa shape index (κ1) is 24.3. The molecule has 5 nitrogen and oxygen atoms in total. The van der Waals surface area contributed by atoms with Gasteiger partial charge in [0.15, 0.2) is 5.78 Å². The molecule has 36 heavy (non-hydrogen) atoms. The van der Waals surface area contributed by atoms with Crippen LogP contribution in [0.3, 0.4) is 0 Å². The second kappa shape index (κ2) is 9.21. The fourth-order valence-corrected chi connectivity index (χ4v) is 5.80. The Morgan fingerprint density at radius 2 is 1.47 bits per heavy atom. The van der Waals surface area contributed by atoms with Crippen LogP contribution in [0.15, 0.2) is 78.9 Å². The van der Waals surface area contributed by atoms with Crippen LogP contribution < -0.4 is 0 Å². The minimum Gasteiger partial charge on any atom is -0.479 e. The molecule has 0 spiro atoms. The average Bonchev–Trinajstić information content (AvgIpc) is 3.69. The van der Waals surface area contributed by atoms with Crippen LogP contribution in [-0.2, 0) is 9.59 Å². The number of carboxylic acid groups (broad SMARTS) is 1. The fourth-order valence-electron chi connectivity index (χ4n) is 5.67. The first-order chi connectivity index (χ1) is 17.2. The molecule has 0 radical (unpaired) electrons. The molecule has 4 unspecified atom stereocenters. The highest BCUT2D eigenvalue weighted by molar-refractivity contribution is 6.30. The van der Waals surface area contributed by atoms with Gasteiger partial charge in [-0.15, -0.1) is 0 Å². The molecule has 4 atom stereocenters. The maximum absolute atomic E-state index is 14.3. The van der Waals surface area contributed by atoms with Gasteiger partial charge in [-0.05, 0) is 49.9 Å². The summed E-state index contributed by atoms with van der Waals surface area (Å²) in [7, 11) is 0. The summed E-state index contributed by atoms with van der Waals surface area (Å²) in [6.07, 6.45) is 1.46. The summed E-state index contributed by atoms with van der Waals surface area (Å²) >= 11 is 6.17. The van der Waals surface area contributed by atoms with Gasteiger partial charge < -0.3 is 10.0 Å². The minimum atomic E-state index is -1.64. The molecule has 1 saturated carbocycles. The van der Waals surface area contributed by atoms with E-state index >= 15 is 0 Å². The van der Waals surface area contributed by atoms with Gasteiger partial charge in [0, 0.05) is 22.4 Å². The van der Waals surface area contributed by atoms with Gasteiger partial charge in [0.1, 0.15) is 5.54 Å². The van der Waals surface area contributed by atoms with Crippen LogP contribution >= 0.6 is 11.6 Å². The lowest BCUT2D eigenvalue weighted by molar-refractivity contribution is -0.158. The molecule has 0 aromatic heterocycles. The standard InChI is InChI=1S/C30H28ClNO4/c1-18-8-10-20(11-9-18)26-24(27(33)21-6-4-3-5-7-21)25(19-14-16-23(31)17-15-19)30(2,29(35)36)32(26)28(34)22-12-13-22/h3-11,14-17,22,24-26H,12-13H2,1-2H3,(H,35,36). The molecule has 1 aliphatic carbocycles. The zero-order chi connectivity index (χ0) is 25.6. The van der Waals surface area contributed by atoms with E-state index in [0.29, 0.717) is 16.1 Å². The molecule has 1 saturated heterocycles. The van der Waals surface area contributed by atoms with Gasteiger partial charge in [-0.25, -0.2) is 4.79 Å². The van der Waals surface area contributed by atoms with Crippen molar-refractivity contribution in [3.8, 4) is 0 Å². The zero-order valence-corrected chi connectivity index (χ0v) is 21.0. The van der Waals surface area contributed by atoms with Crippen molar-refractivity contribution in [1.29, 1.82) is 0 Å². The van der Waals surface area contributed by atoms with Crippen molar-refractivity contribution in [3.63, 3.8) is 0 Å². The van der Waals surface area contributed by atoms with Gasteiger partial charge in [-0.2, -0.15) is 0 Å².